The largest absolute Gasteiger partial charge is 0.481 e. The molecule has 0 spiro atoms. The van der Waals surface area contributed by atoms with Gasteiger partial charge in [0.15, 0.2) is 0 Å². The zero-order chi connectivity index (χ0) is 19.5. The smallest absolute Gasteiger partial charge is 0.304 e. The number of aliphatic hydroxyl groups excluding tert-OH is 4. The summed E-state index contributed by atoms with van der Waals surface area (Å²) in [6, 6.07) is 0.185. The Labute approximate surface area is 157 Å². The van der Waals surface area contributed by atoms with E-state index in [9.17, 15) is 25.2 Å². The summed E-state index contributed by atoms with van der Waals surface area (Å²) in [6.07, 6.45) is -2.12. The molecule has 1 aliphatic heterocycles. The fraction of sp³-hybridized carbons (Fsp3) is 0.941. The van der Waals surface area contributed by atoms with Crippen molar-refractivity contribution in [3.05, 3.63) is 0 Å². The molecule has 9 heteroatoms. The third-order valence-corrected chi connectivity index (χ3v) is 7.24. The molecule has 2 rings (SSSR count). The first-order chi connectivity index (χ1) is 12.2. The fourth-order valence-corrected chi connectivity index (χ4v) is 5.23. The number of rotatable bonds is 7. The van der Waals surface area contributed by atoms with Gasteiger partial charge in [0.2, 0.25) is 0 Å². The summed E-state index contributed by atoms with van der Waals surface area (Å²) in [5.41, 5.74) is -0.762. The van der Waals surface area contributed by atoms with Gasteiger partial charge < -0.3 is 35.6 Å². The highest BCUT2D eigenvalue weighted by atomic mass is 32.2. The SMILES string of the molecule is CC1(C)CCC(NCCC(=O)O)CC1S[C@@H]1OC(CO)[C@H](O)C(O)C1O. The second-order valence-corrected chi connectivity index (χ2v) is 9.19. The monoisotopic (exact) mass is 393 g/mol. The molecule has 0 bridgehead atoms. The van der Waals surface area contributed by atoms with E-state index in [4.69, 9.17) is 9.84 Å². The van der Waals surface area contributed by atoms with E-state index in [-0.39, 0.29) is 23.1 Å². The van der Waals surface area contributed by atoms with Crippen molar-refractivity contribution in [2.75, 3.05) is 13.2 Å². The van der Waals surface area contributed by atoms with Gasteiger partial charge >= 0.3 is 5.97 Å². The number of aliphatic carboxylic acids is 1. The van der Waals surface area contributed by atoms with E-state index in [0.29, 0.717) is 6.54 Å². The van der Waals surface area contributed by atoms with Gasteiger partial charge in [-0.25, -0.2) is 0 Å². The second kappa shape index (κ2) is 9.18. The molecule has 6 N–H and O–H groups in total. The topological polar surface area (TPSA) is 139 Å². The first-order valence-electron chi connectivity index (χ1n) is 9.07. The molecule has 2 fully saturated rings. The third kappa shape index (κ3) is 5.31. The lowest BCUT2D eigenvalue weighted by atomic mass is 9.75. The lowest BCUT2D eigenvalue weighted by Crippen LogP contribution is -2.58. The molecule has 26 heavy (non-hydrogen) atoms. The van der Waals surface area contributed by atoms with Crippen LogP contribution in [0, 0.1) is 5.41 Å². The zero-order valence-electron chi connectivity index (χ0n) is 15.2. The van der Waals surface area contributed by atoms with E-state index in [1.165, 1.54) is 11.8 Å². The first-order valence-corrected chi connectivity index (χ1v) is 10.0. The molecule has 0 aromatic rings. The quantitative estimate of drug-likeness (QED) is 0.339. The van der Waals surface area contributed by atoms with Crippen molar-refractivity contribution in [3.63, 3.8) is 0 Å². The Morgan fingerprint density at radius 1 is 1.23 bits per heavy atom. The molecule has 1 saturated heterocycles. The lowest BCUT2D eigenvalue weighted by molar-refractivity contribution is -0.205. The summed E-state index contributed by atoms with van der Waals surface area (Å²) in [5.74, 6) is -0.833. The molecular weight excluding hydrogens is 362 g/mol. The van der Waals surface area contributed by atoms with E-state index >= 15 is 0 Å². The zero-order valence-corrected chi connectivity index (χ0v) is 16.1. The minimum atomic E-state index is -1.37. The van der Waals surface area contributed by atoms with Crippen molar-refractivity contribution in [2.45, 2.75) is 80.7 Å². The maximum absolute atomic E-state index is 10.7. The van der Waals surface area contributed by atoms with Crippen molar-refractivity contribution < 1.29 is 35.1 Å². The van der Waals surface area contributed by atoms with Crippen LogP contribution in [0.3, 0.4) is 0 Å². The molecule has 0 amide bonds. The molecule has 0 aromatic carbocycles. The number of carboxylic acid groups (broad SMARTS) is 1. The first kappa shape index (κ1) is 21.9. The normalized spacial score (nSPS) is 40.3. The minimum absolute atomic E-state index is 0.0194. The van der Waals surface area contributed by atoms with Crippen LogP contribution in [0.4, 0.5) is 0 Å². The number of aliphatic hydroxyl groups is 4. The van der Waals surface area contributed by atoms with E-state index in [1.807, 2.05) is 0 Å². The van der Waals surface area contributed by atoms with E-state index < -0.39 is 42.4 Å². The Balaban J connectivity index is 1.98. The lowest BCUT2D eigenvalue weighted by Gasteiger charge is -2.46. The van der Waals surface area contributed by atoms with Crippen LogP contribution in [-0.2, 0) is 9.53 Å². The van der Waals surface area contributed by atoms with Crippen molar-refractivity contribution in [1.82, 2.24) is 5.32 Å². The molecule has 1 heterocycles. The van der Waals surface area contributed by atoms with E-state index in [0.717, 1.165) is 19.3 Å². The highest BCUT2D eigenvalue weighted by Crippen LogP contribution is 2.46. The van der Waals surface area contributed by atoms with E-state index in [1.54, 1.807) is 0 Å². The number of thioether (sulfide) groups is 1. The van der Waals surface area contributed by atoms with Gasteiger partial charge in [0.1, 0.15) is 29.9 Å². The Morgan fingerprint density at radius 2 is 1.92 bits per heavy atom. The third-order valence-electron chi connectivity index (χ3n) is 5.43. The second-order valence-electron chi connectivity index (χ2n) is 7.88. The van der Waals surface area contributed by atoms with Crippen LogP contribution < -0.4 is 5.32 Å². The summed E-state index contributed by atoms with van der Waals surface area (Å²) >= 11 is 1.41. The van der Waals surface area contributed by atoms with Gasteiger partial charge in [-0.05, 0) is 24.7 Å². The summed E-state index contributed by atoms with van der Waals surface area (Å²) in [6.45, 7) is 4.26. The van der Waals surface area contributed by atoms with Crippen molar-refractivity contribution in [2.24, 2.45) is 5.41 Å². The van der Waals surface area contributed by atoms with Gasteiger partial charge in [-0.3, -0.25) is 4.79 Å². The molecular formula is C17H31NO7S. The maximum Gasteiger partial charge on any atom is 0.304 e. The molecule has 5 unspecified atom stereocenters. The number of nitrogens with one attached hydrogen (secondary N) is 1. The van der Waals surface area contributed by atoms with Gasteiger partial charge in [0, 0.05) is 17.8 Å². The van der Waals surface area contributed by atoms with Gasteiger partial charge in [-0.2, -0.15) is 0 Å². The molecule has 0 radical (unpaired) electrons. The fourth-order valence-electron chi connectivity index (χ4n) is 3.55. The summed E-state index contributed by atoms with van der Waals surface area (Å²) in [7, 11) is 0. The Kier molecular flexibility index (Phi) is 7.73. The van der Waals surface area contributed by atoms with Gasteiger partial charge in [-0.15, -0.1) is 11.8 Å². The minimum Gasteiger partial charge on any atom is -0.481 e. The van der Waals surface area contributed by atoms with Crippen molar-refractivity contribution in [3.8, 4) is 0 Å². The summed E-state index contributed by atoms with van der Waals surface area (Å²) < 4.78 is 5.63. The Morgan fingerprint density at radius 3 is 2.54 bits per heavy atom. The van der Waals surface area contributed by atoms with Crippen LogP contribution in [0.1, 0.15) is 39.5 Å². The average Bonchev–Trinajstić information content (AvgIpc) is 2.57. The molecule has 7 atom stereocenters. The number of carboxylic acids is 1. The molecule has 8 nitrogen and oxygen atoms in total. The van der Waals surface area contributed by atoms with Gasteiger partial charge in [-0.1, -0.05) is 13.8 Å². The van der Waals surface area contributed by atoms with Gasteiger partial charge in [0.25, 0.3) is 0 Å². The summed E-state index contributed by atoms with van der Waals surface area (Å²) in [5, 5.41) is 51.6. The van der Waals surface area contributed by atoms with Crippen LogP contribution in [0.2, 0.25) is 0 Å². The molecule has 2 aliphatic rings. The van der Waals surface area contributed by atoms with Crippen LogP contribution >= 0.6 is 11.8 Å². The Bertz CT molecular complexity index is 476. The van der Waals surface area contributed by atoms with Crippen LogP contribution in [0.5, 0.6) is 0 Å². The van der Waals surface area contributed by atoms with Gasteiger partial charge in [0.05, 0.1) is 13.0 Å². The van der Waals surface area contributed by atoms with Crippen LogP contribution in [0.25, 0.3) is 0 Å². The van der Waals surface area contributed by atoms with Crippen molar-refractivity contribution in [1.29, 1.82) is 0 Å². The molecule has 1 saturated carbocycles. The predicted molar refractivity (Wildman–Crippen MR) is 96.8 cm³/mol. The number of hydrogen-bond donors (Lipinski definition) is 6. The number of hydrogen-bond acceptors (Lipinski definition) is 8. The van der Waals surface area contributed by atoms with Crippen LogP contribution in [0.15, 0.2) is 0 Å². The standard InChI is InChI=1S/C17H31NO7S/c1-17(2)5-3-9(18-6-4-12(20)21)7-11(17)26-16-15(24)14(23)13(22)10(8-19)25-16/h9-11,13-16,18-19,22-24H,3-8H2,1-2H3,(H,20,21)/t9?,10?,11?,13-,14?,15?,16-/m0/s1. The number of ether oxygens (including phenoxy) is 1. The van der Waals surface area contributed by atoms with E-state index in [2.05, 4.69) is 19.2 Å². The van der Waals surface area contributed by atoms with Crippen molar-refractivity contribution >= 4 is 17.7 Å². The highest BCUT2D eigenvalue weighted by molar-refractivity contribution is 8.00. The molecule has 152 valence electrons. The maximum atomic E-state index is 10.7. The number of carbonyl (C=O) groups is 1. The Hall–Kier alpha value is -0.420. The van der Waals surface area contributed by atoms with Crippen LogP contribution in [-0.4, -0.2) is 85.8 Å². The average molecular weight is 394 g/mol. The summed E-state index contributed by atoms with van der Waals surface area (Å²) in [4.78, 5) is 10.7. The highest BCUT2D eigenvalue weighted by Gasteiger charge is 2.47. The molecule has 1 aliphatic carbocycles. The predicted octanol–water partition coefficient (Wildman–Crippen LogP) is -0.469. The molecule has 0 aromatic heterocycles.